The van der Waals surface area contributed by atoms with Crippen molar-refractivity contribution in [2.24, 2.45) is 0 Å². The van der Waals surface area contributed by atoms with Crippen molar-refractivity contribution in [3.8, 4) is 0 Å². The highest BCUT2D eigenvalue weighted by molar-refractivity contribution is 4.53. The summed E-state index contributed by atoms with van der Waals surface area (Å²) in [5.41, 5.74) is 0. The van der Waals surface area contributed by atoms with E-state index < -0.39 is 0 Å². The normalized spacial score (nSPS) is 24.9. The highest BCUT2D eigenvalue weighted by atomic mass is 16.5. The zero-order chi connectivity index (χ0) is 15.0. The number of hydrogen-bond donors (Lipinski definition) is 0. The topological polar surface area (TPSA) is 36.9 Å². The SMILES string of the molecule is [CH]OCC[N+]1(C[N+]2(CCOC)CCOCC2)CCOCC1. The maximum Gasteiger partial charge on any atom is 0.207 e. The highest BCUT2D eigenvalue weighted by Gasteiger charge is 2.42. The molecule has 0 atom stereocenters. The molecule has 21 heavy (non-hydrogen) atoms. The summed E-state index contributed by atoms with van der Waals surface area (Å²) in [5, 5.41) is 0. The van der Waals surface area contributed by atoms with E-state index in [4.69, 9.17) is 26.1 Å². The Morgan fingerprint density at radius 1 is 0.857 bits per heavy atom. The first kappa shape index (κ1) is 17.1. The maximum atomic E-state index is 5.58. The zero-order valence-electron chi connectivity index (χ0n) is 13.3. The first-order valence-electron chi connectivity index (χ1n) is 7.91. The molecular weight excluding hydrogens is 272 g/mol. The summed E-state index contributed by atoms with van der Waals surface area (Å²) in [6.07, 6.45) is 0. The Balaban J connectivity index is 2.06. The highest BCUT2D eigenvalue weighted by Crippen LogP contribution is 2.20. The van der Waals surface area contributed by atoms with Crippen LogP contribution in [0.2, 0.25) is 0 Å². The van der Waals surface area contributed by atoms with Crippen LogP contribution in [0.1, 0.15) is 0 Å². The first-order chi connectivity index (χ1) is 10.2. The van der Waals surface area contributed by atoms with Gasteiger partial charge >= 0.3 is 0 Å². The summed E-state index contributed by atoms with van der Waals surface area (Å²) in [5.74, 6) is 0. The van der Waals surface area contributed by atoms with Gasteiger partial charge in [-0.2, -0.15) is 0 Å². The summed E-state index contributed by atoms with van der Waals surface area (Å²) in [7, 11) is 7.04. The third-order valence-electron chi connectivity index (χ3n) is 4.89. The Labute approximate surface area is 128 Å². The van der Waals surface area contributed by atoms with Crippen molar-refractivity contribution < 1.29 is 27.9 Å². The molecule has 0 aliphatic carbocycles. The molecule has 6 nitrogen and oxygen atoms in total. The van der Waals surface area contributed by atoms with E-state index in [2.05, 4.69) is 0 Å². The summed E-state index contributed by atoms with van der Waals surface area (Å²) >= 11 is 0. The third kappa shape index (κ3) is 4.87. The molecule has 0 amide bonds. The van der Waals surface area contributed by atoms with E-state index in [0.29, 0.717) is 6.61 Å². The third-order valence-corrected chi connectivity index (χ3v) is 4.89. The van der Waals surface area contributed by atoms with Gasteiger partial charge in [-0.05, 0) is 0 Å². The van der Waals surface area contributed by atoms with Crippen LogP contribution in [0.3, 0.4) is 0 Å². The summed E-state index contributed by atoms with van der Waals surface area (Å²) < 4.78 is 23.4. The maximum absolute atomic E-state index is 5.58. The molecule has 2 saturated heterocycles. The largest absolute Gasteiger partial charge is 0.379 e. The number of quaternary nitrogens is 2. The lowest BCUT2D eigenvalue weighted by molar-refractivity contribution is -1.11. The molecule has 2 radical (unpaired) electrons. The van der Waals surface area contributed by atoms with Crippen LogP contribution in [0.15, 0.2) is 0 Å². The molecule has 0 saturated carbocycles. The molecule has 0 spiro atoms. The Morgan fingerprint density at radius 2 is 1.33 bits per heavy atom. The van der Waals surface area contributed by atoms with E-state index >= 15 is 0 Å². The van der Waals surface area contributed by atoms with Crippen LogP contribution in [0.25, 0.3) is 0 Å². The molecule has 2 aliphatic heterocycles. The predicted molar refractivity (Wildman–Crippen MR) is 78.4 cm³/mol. The van der Waals surface area contributed by atoms with Crippen LogP contribution in [0.5, 0.6) is 0 Å². The molecule has 2 fully saturated rings. The van der Waals surface area contributed by atoms with Crippen molar-refractivity contribution in [3.63, 3.8) is 0 Å². The van der Waals surface area contributed by atoms with Gasteiger partial charge in [-0.15, -0.1) is 0 Å². The fraction of sp³-hybridized carbons (Fsp3) is 0.933. The van der Waals surface area contributed by atoms with E-state index in [1.807, 2.05) is 0 Å². The van der Waals surface area contributed by atoms with E-state index in [-0.39, 0.29) is 0 Å². The van der Waals surface area contributed by atoms with Gasteiger partial charge in [-0.1, -0.05) is 0 Å². The van der Waals surface area contributed by atoms with Gasteiger partial charge in [0, 0.05) is 7.11 Å². The second-order valence-corrected chi connectivity index (χ2v) is 6.25. The van der Waals surface area contributed by atoms with E-state index in [1.165, 1.54) is 0 Å². The van der Waals surface area contributed by atoms with Crippen LogP contribution >= 0.6 is 0 Å². The van der Waals surface area contributed by atoms with Gasteiger partial charge in [-0.25, -0.2) is 0 Å². The molecule has 0 aromatic carbocycles. The second-order valence-electron chi connectivity index (χ2n) is 6.25. The summed E-state index contributed by atoms with van der Waals surface area (Å²) in [6.45, 7) is 12.0. The van der Waals surface area contributed by atoms with Gasteiger partial charge in [0.25, 0.3) is 0 Å². The van der Waals surface area contributed by atoms with E-state index in [1.54, 1.807) is 7.11 Å². The van der Waals surface area contributed by atoms with Crippen LogP contribution in [0, 0.1) is 7.11 Å². The van der Waals surface area contributed by atoms with Gasteiger partial charge in [0.15, 0.2) is 0 Å². The lowest BCUT2D eigenvalue weighted by atomic mass is 10.2. The van der Waals surface area contributed by atoms with Gasteiger partial charge in [0.2, 0.25) is 6.67 Å². The van der Waals surface area contributed by atoms with Crippen molar-refractivity contribution in [3.05, 3.63) is 7.11 Å². The fourth-order valence-corrected chi connectivity index (χ4v) is 3.50. The van der Waals surface area contributed by atoms with Crippen LogP contribution in [0.4, 0.5) is 0 Å². The van der Waals surface area contributed by atoms with Gasteiger partial charge in [0.05, 0.1) is 39.6 Å². The van der Waals surface area contributed by atoms with E-state index in [9.17, 15) is 0 Å². The number of rotatable bonds is 8. The average molecular weight is 302 g/mol. The minimum atomic E-state index is 0.598. The number of methoxy groups -OCH3 is 1. The molecule has 0 unspecified atom stereocenters. The van der Waals surface area contributed by atoms with Crippen molar-refractivity contribution >= 4 is 0 Å². The predicted octanol–water partition coefficient (Wildman–Crippen LogP) is -0.0305. The number of hydrogen-bond acceptors (Lipinski definition) is 4. The van der Waals surface area contributed by atoms with Gasteiger partial charge in [-0.3, -0.25) is 8.97 Å². The Hall–Kier alpha value is -0.240. The molecule has 0 aromatic heterocycles. The Morgan fingerprint density at radius 3 is 1.76 bits per heavy atom. The Bertz CT molecular complexity index is 261. The van der Waals surface area contributed by atoms with Crippen LogP contribution < -0.4 is 0 Å². The molecule has 0 aromatic rings. The lowest BCUT2D eigenvalue weighted by Gasteiger charge is -2.49. The molecule has 0 N–H and O–H groups in total. The number of ether oxygens (including phenoxy) is 4. The Kier molecular flexibility index (Phi) is 6.85. The zero-order valence-corrected chi connectivity index (χ0v) is 13.3. The molecule has 2 rings (SSSR count). The van der Waals surface area contributed by atoms with Crippen molar-refractivity contribution in [2.75, 3.05) is 92.7 Å². The molecule has 2 heterocycles. The molecule has 6 heteroatoms. The second kappa shape index (κ2) is 8.41. The lowest BCUT2D eigenvalue weighted by Crippen LogP contribution is -2.69. The smallest absolute Gasteiger partial charge is 0.207 e. The van der Waals surface area contributed by atoms with Crippen molar-refractivity contribution in [2.45, 2.75) is 0 Å². The molecule has 0 bridgehead atoms. The molecule has 122 valence electrons. The van der Waals surface area contributed by atoms with Gasteiger partial charge < -0.3 is 18.9 Å². The summed E-state index contributed by atoms with van der Waals surface area (Å²) in [4.78, 5) is 0. The van der Waals surface area contributed by atoms with Crippen molar-refractivity contribution in [1.82, 2.24) is 0 Å². The van der Waals surface area contributed by atoms with Gasteiger partial charge in [0.1, 0.15) is 46.4 Å². The minimum Gasteiger partial charge on any atom is -0.379 e. The number of nitrogens with zero attached hydrogens (tertiary/aromatic N) is 2. The van der Waals surface area contributed by atoms with Crippen molar-refractivity contribution in [1.29, 1.82) is 0 Å². The molecular formula is C15H30N2O4+2. The quantitative estimate of drug-likeness (QED) is 0.590. The number of morpholine rings is 2. The van der Waals surface area contributed by atoms with Crippen LogP contribution in [-0.4, -0.2) is 102 Å². The fourth-order valence-electron chi connectivity index (χ4n) is 3.50. The van der Waals surface area contributed by atoms with Crippen LogP contribution in [-0.2, 0) is 18.9 Å². The average Bonchev–Trinajstić information content (AvgIpc) is 2.53. The molecule has 2 aliphatic rings. The summed E-state index contributed by atoms with van der Waals surface area (Å²) in [6, 6.07) is 0. The van der Waals surface area contributed by atoms with E-state index in [0.717, 1.165) is 87.9 Å². The standard InChI is InChI=1S/C15H30N2O4/c1-18-9-3-16(5-11-20-12-6-16)15-17(4-10-19-2)7-13-21-14-8-17/h1H,3-15H2,2H3/q+2. The monoisotopic (exact) mass is 302 g/mol. The first-order valence-corrected chi connectivity index (χ1v) is 7.91. The minimum absolute atomic E-state index is 0.598.